The van der Waals surface area contributed by atoms with Gasteiger partial charge in [-0.2, -0.15) is 0 Å². The highest BCUT2D eigenvalue weighted by molar-refractivity contribution is 5.14. The zero-order chi connectivity index (χ0) is 12.8. The highest BCUT2D eigenvalue weighted by Gasteiger charge is 2.27. The lowest BCUT2D eigenvalue weighted by atomic mass is 10.1. The number of benzene rings is 1. The van der Waals surface area contributed by atoms with Gasteiger partial charge in [0, 0.05) is 19.1 Å². The van der Waals surface area contributed by atoms with Crippen molar-refractivity contribution in [3.8, 4) is 0 Å². The van der Waals surface area contributed by atoms with Crippen molar-refractivity contribution in [1.29, 1.82) is 0 Å². The second-order valence-electron chi connectivity index (χ2n) is 5.00. The van der Waals surface area contributed by atoms with E-state index in [0.29, 0.717) is 6.04 Å². The van der Waals surface area contributed by atoms with Crippen molar-refractivity contribution in [1.82, 2.24) is 4.90 Å². The standard InChI is InChI=1S/C15H23NO2/c1-2-6-14-12-18-15(11-17)10-16(14)9-13-7-4-3-5-8-13/h3-5,7-8,14-15,17H,2,6,9-12H2,1H3. The molecule has 0 amide bonds. The summed E-state index contributed by atoms with van der Waals surface area (Å²) in [5.74, 6) is 0. The maximum Gasteiger partial charge on any atom is 0.0933 e. The number of morpholine rings is 1. The molecule has 0 radical (unpaired) electrons. The number of rotatable bonds is 5. The van der Waals surface area contributed by atoms with E-state index in [4.69, 9.17) is 4.74 Å². The Bertz CT molecular complexity index is 342. The number of aliphatic hydroxyl groups excluding tert-OH is 1. The molecule has 3 heteroatoms. The number of hydrogen-bond acceptors (Lipinski definition) is 3. The molecule has 1 N–H and O–H groups in total. The minimum atomic E-state index is -0.0261. The van der Waals surface area contributed by atoms with Gasteiger partial charge in [-0.3, -0.25) is 4.90 Å². The first-order chi connectivity index (χ1) is 8.83. The second kappa shape index (κ2) is 6.88. The Hall–Kier alpha value is -0.900. The van der Waals surface area contributed by atoms with Crippen LogP contribution in [-0.4, -0.2) is 41.9 Å². The minimum absolute atomic E-state index is 0.0261. The van der Waals surface area contributed by atoms with E-state index < -0.39 is 0 Å². The lowest BCUT2D eigenvalue weighted by molar-refractivity contribution is -0.0869. The molecule has 100 valence electrons. The van der Waals surface area contributed by atoms with Gasteiger partial charge in [-0.05, 0) is 12.0 Å². The van der Waals surface area contributed by atoms with Crippen LogP contribution in [0.4, 0.5) is 0 Å². The third-order valence-electron chi connectivity index (χ3n) is 3.53. The summed E-state index contributed by atoms with van der Waals surface area (Å²) in [6.07, 6.45) is 2.30. The predicted octanol–water partition coefficient (Wildman–Crippen LogP) is 2.05. The lowest BCUT2D eigenvalue weighted by Gasteiger charge is -2.39. The topological polar surface area (TPSA) is 32.7 Å². The van der Waals surface area contributed by atoms with Gasteiger partial charge in [0.05, 0.1) is 19.3 Å². The fraction of sp³-hybridized carbons (Fsp3) is 0.600. The Labute approximate surface area is 109 Å². The summed E-state index contributed by atoms with van der Waals surface area (Å²) in [5.41, 5.74) is 1.33. The minimum Gasteiger partial charge on any atom is -0.394 e. The Morgan fingerprint density at radius 3 is 2.78 bits per heavy atom. The summed E-state index contributed by atoms with van der Waals surface area (Å²) in [5, 5.41) is 9.24. The molecule has 1 saturated heterocycles. The fourth-order valence-electron chi connectivity index (χ4n) is 2.54. The number of hydrogen-bond donors (Lipinski definition) is 1. The molecule has 2 atom stereocenters. The Balaban J connectivity index is 2.00. The number of ether oxygens (including phenoxy) is 1. The molecule has 1 aliphatic heterocycles. The summed E-state index contributed by atoms with van der Waals surface area (Å²) < 4.78 is 5.67. The largest absolute Gasteiger partial charge is 0.394 e. The van der Waals surface area contributed by atoms with Crippen LogP contribution in [-0.2, 0) is 11.3 Å². The monoisotopic (exact) mass is 249 g/mol. The lowest BCUT2D eigenvalue weighted by Crippen LogP contribution is -2.50. The van der Waals surface area contributed by atoms with Gasteiger partial charge >= 0.3 is 0 Å². The van der Waals surface area contributed by atoms with Crippen LogP contribution in [0.3, 0.4) is 0 Å². The van der Waals surface area contributed by atoms with Crippen molar-refractivity contribution in [3.05, 3.63) is 35.9 Å². The molecule has 0 aromatic heterocycles. The summed E-state index contributed by atoms with van der Waals surface area (Å²) in [7, 11) is 0. The quantitative estimate of drug-likeness (QED) is 0.867. The van der Waals surface area contributed by atoms with Crippen LogP contribution in [0.5, 0.6) is 0 Å². The number of nitrogens with zero attached hydrogens (tertiary/aromatic N) is 1. The van der Waals surface area contributed by atoms with Crippen LogP contribution >= 0.6 is 0 Å². The molecule has 1 fully saturated rings. The van der Waals surface area contributed by atoms with E-state index >= 15 is 0 Å². The van der Waals surface area contributed by atoms with Crippen LogP contribution in [0, 0.1) is 0 Å². The SMILES string of the molecule is CCCC1COC(CO)CN1Cc1ccccc1. The van der Waals surface area contributed by atoms with Gasteiger partial charge in [0.25, 0.3) is 0 Å². The maximum absolute atomic E-state index is 9.24. The van der Waals surface area contributed by atoms with E-state index in [1.54, 1.807) is 0 Å². The first-order valence-corrected chi connectivity index (χ1v) is 6.84. The molecule has 2 rings (SSSR count). The summed E-state index contributed by atoms with van der Waals surface area (Å²) >= 11 is 0. The van der Waals surface area contributed by atoms with E-state index in [0.717, 1.165) is 26.1 Å². The highest BCUT2D eigenvalue weighted by atomic mass is 16.5. The van der Waals surface area contributed by atoms with E-state index in [-0.39, 0.29) is 12.7 Å². The third kappa shape index (κ3) is 3.55. The summed E-state index contributed by atoms with van der Waals surface area (Å²) in [4.78, 5) is 2.45. The van der Waals surface area contributed by atoms with Gasteiger partial charge < -0.3 is 9.84 Å². The summed E-state index contributed by atoms with van der Waals surface area (Å²) in [6, 6.07) is 11.0. The van der Waals surface area contributed by atoms with Crippen molar-refractivity contribution in [2.75, 3.05) is 19.8 Å². The fourth-order valence-corrected chi connectivity index (χ4v) is 2.54. The first-order valence-electron chi connectivity index (χ1n) is 6.84. The highest BCUT2D eigenvalue weighted by Crippen LogP contribution is 2.18. The van der Waals surface area contributed by atoms with Crippen LogP contribution in [0.2, 0.25) is 0 Å². The molecule has 0 aliphatic carbocycles. The molecule has 1 heterocycles. The normalized spacial score (nSPS) is 25.2. The van der Waals surface area contributed by atoms with Crippen molar-refractivity contribution in [3.63, 3.8) is 0 Å². The van der Waals surface area contributed by atoms with E-state index in [9.17, 15) is 5.11 Å². The molecule has 1 aromatic carbocycles. The van der Waals surface area contributed by atoms with Crippen molar-refractivity contribution in [2.24, 2.45) is 0 Å². The van der Waals surface area contributed by atoms with Gasteiger partial charge in [-0.25, -0.2) is 0 Å². The van der Waals surface area contributed by atoms with Gasteiger partial charge in [0.15, 0.2) is 0 Å². The van der Waals surface area contributed by atoms with E-state index in [1.807, 2.05) is 6.07 Å². The third-order valence-corrected chi connectivity index (χ3v) is 3.53. The first kappa shape index (κ1) is 13.5. The second-order valence-corrected chi connectivity index (χ2v) is 5.00. The molecule has 3 nitrogen and oxygen atoms in total. The van der Waals surface area contributed by atoms with Gasteiger partial charge in [0.1, 0.15) is 0 Å². The van der Waals surface area contributed by atoms with Crippen LogP contribution < -0.4 is 0 Å². The van der Waals surface area contributed by atoms with Gasteiger partial charge in [-0.1, -0.05) is 43.7 Å². The van der Waals surface area contributed by atoms with E-state index in [1.165, 1.54) is 12.0 Å². The Morgan fingerprint density at radius 1 is 1.33 bits per heavy atom. The number of aliphatic hydroxyl groups is 1. The van der Waals surface area contributed by atoms with E-state index in [2.05, 4.69) is 36.1 Å². The smallest absolute Gasteiger partial charge is 0.0933 e. The van der Waals surface area contributed by atoms with Crippen LogP contribution in [0.25, 0.3) is 0 Å². The van der Waals surface area contributed by atoms with Crippen LogP contribution in [0.15, 0.2) is 30.3 Å². The van der Waals surface area contributed by atoms with Gasteiger partial charge in [-0.15, -0.1) is 0 Å². The zero-order valence-electron chi connectivity index (χ0n) is 11.1. The average molecular weight is 249 g/mol. The summed E-state index contributed by atoms with van der Waals surface area (Å²) in [6.45, 7) is 4.84. The predicted molar refractivity (Wildman–Crippen MR) is 72.4 cm³/mol. The van der Waals surface area contributed by atoms with Crippen molar-refractivity contribution >= 4 is 0 Å². The molecule has 0 saturated carbocycles. The maximum atomic E-state index is 9.24. The zero-order valence-corrected chi connectivity index (χ0v) is 11.1. The molecule has 0 bridgehead atoms. The molecular formula is C15H23NO2. The molecule has 1 aromatic rings. The molecule has 2 unspecified atom stereocenters. The Morgan fingerprint density at radius 2 is 2.11 bits per heavy atom. The molecule has 18 heavy (non-hydrogen) atoms. The molecular weight excluding hydrogens is 226 g/mol. The van der Waals surface area contributed by atoms with Crippen molar-refractivity contribution < 1.29 is 9.84 Å². The average Bonchev–Trinajstić information content (AvgIpc) is 2.42. The van der Waals surface area contributed by atoms with Crippen LogP contribution in [0.1, 0.15) is 25.3 Å². The molecule has 1 aliphatic rings. The Kier molecular flexibility index (Phi) is 5.17. The molecule has 0 spiro atoms. The van der Waals surface area contributed by atoms with Crippen molar-refractivity contribution in [2.45, 2.75) is 38.5 Å². The van der Waals surface area contributed by atoms with Gasteiger partial charge in [0.2, 0.25) is 0 Å².